The molecule has 0 bridgehead atoms. The van der Waals surface area contributed by atoms with E-state index in [0.717, 1.165) is 0 Å². The van der Waals surface area contributed by atoms with Crippen LogP contribution in [0.1, 0.15) is 6.92 Å². The van der Waals surface area contributed by atoms with E-state index in [9.17, 15) is 0 Å². The van der Waals surface area contributed by atoms with E-state index in [1.54, 1.807) is 6.92 Å². The van der Waals surface area contributed by atoms with Crippen LogP contribution in [0.4, 0.5) is 0 Å². The third-order valence-corrected chi connectivity index (χ3v) is 4.40. The molecule has 0 saturated carbocycles. The molecule has 0 spiro atoms. The predicted molar refractivity (Wildman–Crippen MR) is 43.9 cm³/mol. The molecule has 0 unspecified atom stereocenters. The standard InChI is InChI=1S/C6H13O5P/c1-6-5-10-12(7-2,8-3,9-4)11-6/h5H,1-4H3. The van der Waals surface area contributed by atoms with Crippen LogP contribution in [0.15, 0.2) is 12.0 Å². The minimum atomic E-state index is -3.73. The fourth-order valence-corrected chi connectivity index (χ4v) is 2.71. The second-order valence-corrected chi connectivity index (χ2v) is 5.20. The first kappa shape index (κ1) is 9.74. The molecule has 0 aromatic heterocycles. The molecule has 1 rings (SSSR count). The third-order valence-electron chi connectivity index (χ3n) is 1.58. The Bertz CT molecular complexity index is 199. The van der Waals surface area contributed by atoms with Crippen LogP contribution in [0, 0.1) is 0 Å². The summed E-state index contributed by atoms with van der Waals surface area (Å²) < 4.78 is 25.6. The van der Waals surface area contributed by atoms with E-state index in [0.29, 0.717) is 5.76 Å². The van der Waals surface area contributed by atoms with Crippen LogP contribution >= 0.6 is 7.74 Å². The van der Waals surface area contributed by atoms with Gasteiger partial charge in [0.25, 0.3) is 0 Å². The Kier molecular flexibility index (Phi) is 2.31. The van der Waals surface area contributed by atoms with Gasteiger partial charge in [-0.3, -0.25) is 0 Å². The summed E-state index contributed by atoms with van der Waals surface area (Å²) in [6, 6.07) is 0. The maximum absolute atomic E-state index is 5.29. The molecular weight excluding hydrogens is 183 g/mol. The van der Waals surface area contributed by atoms with E-state index in [1.807, 2.05) is 0 Å². The number of hydrogen-bond donors (Lipinski definition) is 0. The van der Waals surface area contributed by atoms with Gasteiger partial charge in [-0.05, 0) is 0 Å². The third kappa shape index (κ3) is 1.19. The summed E-state index contributed by atoms with van der Waals surface area (Å²) >= 11 is 0. The Hall–Kier alpha value is -0.350. The molecule has 0 amide bonds. The van der Waals surface area contributed by atoms with Gasteiger partial charge in [0, 0.05) is 0 Å². The first-order chi connectivity index (χ1) is 5.60. The van der Waals surface area contributed by atoms with Gasteiger partial charge in [0.15, 0.2) is 0 Å². The van der Waals surface area contributed by atoms with Gasteiger partial charge < -0.3 is 0 Å². The Morgan fingerprint density at radius 3 is 1.83 bits per heavy atom. The van der Waals surface area contributed by atoms with E-state index in [-0.39, 0.29) is 0 Å². The molecule has 0 aliphatic carbocycles. The van der Waals surface area contributed by atoms with Crippen molar-refractivity contribution in [1.82, 2.24) is 0 Å². The molecule has 0 fully saturated rings. The van der Waals surface area contributed by atoms with E-state index < -0.39 is 7.74 Å². The van der Waals surface area contributed by atoms with Crippen LogP contribution in [-0.2, 0) is 22.6 Å². The van der Waals surface area contributed by atoms with Crippen LogP contribution in [-0.4, -0.2) is 21.3 Å². The monoisotopic (exact) mass is 196 g/mol. The molecule has 0 saturated heterocycles. The fraction of sp³-hybridized carbons (Fsp3) is 0.667. The van der Waals surface area contributed by atoms with Crippen LogP contribution in [0.25, 0.3) is 0 Å². The Morgan fingerprint density at radius 2 is 1.67 bits per heavy atom. The number of allylic oxidation sites excluding steroid dienone is 1. The normalized spacial score (nSPS) is 27.7. The Balaban J connectivity index is 2.91. The summed E-state index contributed by atoms with van der Waals surface area (Å²) in [5, 5.41) is 0. The van der Waals surface area contributed by atoms with Crippen molar-refractivity contribution in [2.24, 2.45) is 0 Å². The first-order valence-corrected chi connectivity index (χ1v) is 5.19. The van der Waals surface area contributed by atoms with E-state index >= 15 is 0 Å². The molecule has 0 N–H and O–H groups in total. The van der Waals surface area contributed by atoms with Gasteiger partial charge in [0.05, 0.1) is 0 Å². The Labute approximate surface area is 71.5 Å². The average molecular weight is 196 g/mol. The summed E-state index contributed by atoms with van der Waals surface area (Å²) in [7, 11) is 0.516. The van der Waals surface area contributed by atoms with Crippen molar-refractivity contribution in [2.75, 3.05) is 21.3 Å². The van der Waals surface area contributed by atoms with Crippen molar-refractivity contribution < 1.29 is 22.6 Å². The molecule has 6 heteroatoms. The summed E-state index contributed by atoms with van der Waals surface area (Å²) in [6.07, 6.45) is 1.41. The zero-order valence-corrected chi connectivity index (χ0v) is 8.46. The topological polar surface area (TPSA) is 46.2 Å². The number of hydrogen-bond acceptors (Lipinski definition) is 5. The van der Waals surface area contributed by atoms with E-state index in [4.69, 9.17) is 22.6 Å². The molecule has 12 heavy (non-hydrogen) atoms. The zero-order valence-electron chi connectivity index (χ0n) is 7.57. The van der Waals surface area contributed by atoms with Gasteiger partial charge in [0.1, 0.15) is 0 Å². The van der Waals surface area contributed by atoms with Crippen molar-refractivity contribution in [2.45, 2.75) is 6.92 Å². The average Bonchev–Trinajstić information content (AvgIpc) is 2.47. The van der Waals surface area contributed by atoms with Crippen LogP contribution in [0.5, 0.6) is 0 Å². The molecule has 0 aromatic rings. The van der Waals surface area contributed by atoms with Gasteiger partial charge >= 0.3 is 70.6 Å². The molecular formula is C6H13O5P. The molecule has 0 aromatic carbocycles. The van der Waals surface area contributed by atoms with Gasteiger partial charge in [0.2, 0.25) is 0 Å². The predicted octanol–water partition coefficient (Wildman–Crippen LogP) is 1.96. The van der Waals surface area contributed by atoms with Gasteiger partial charge in [-0.1, -0.05) is 0 Å². The Morgan fingerprint density at radius 1 is 1.17 bits per heavy atom. The number of rotatable bonds is 3. The van der Waals surface area contributed by atoms with Gasteiger partial charge in [-0.25, -0.2) is 0 Å². The second kappa shape index (κ2) is 2.85. The summed E-state index contributed by atoms with van der Waals surface area (Å²) in [5.74, 6) is 0.568. The molecule has 1 aliphatic rings. The van der Waals surface area contributed by atoms with Crippen LogP contribution < -0.4 is 0 Å². The SMILES string of the molecule is COP1(OC)(OC)OC=C(C)O1. The molecule has 0 radical (unpaired) electrons. The molecule has 72 valence electrons. The minimum absolute atomic E-state index is 0.568. The molecule has 5 nitrogen and oxygen atoms in total. The molecule has 0 atom stereocenters. The van der Waals surface area contributed by atoms with Crippen LogP contribution in [0.2, 0.25) is 0 Å². The van der Waals surface area contributed by atoms with E-state index in [2.05, 4.69) is 0 Å². The van der Waals surface area contributed by atoms with Crippen LogP contribution in [0.3, 0.4) is 0 Å². The van der Waals surface area contributed by atoms with Gasteiger partial charge in [-0.2, -0.15) is 0 Å². The summed E-state index contributed by atoms with van der Waals surface area (Å²) in [5.41, 5.74) is 0. The van der Waals surface area contributed by atoms with Gasteiger partial charge in [-0.15, -0.1) is 0 Å². The van der Waals surface area contributed by atoms with E-state index in [1.165, 1.54) is 27.6 Å². The zero-order chi connectivity index (χ0) is 9.27. The summed E-state index contributed by atoms with van der Waals surface area (Å²) in [6.45, 7) is 1.73. The van der Waals surface area contributed by atoms with Crippen molar-refractivity contribution >= 4 is 7.74 Å². The quantitative estimate of drug-likeness (QED) is 0.645. The van der Waals surface area contributed by atoms with Crippen molar-refractivity contribution in [3.63, 3.8) is 0 Å². The van der Waals surface area contributed by atoms with Crippen molar-refractivity contribution in [1.29, 1.82) is 0 Å². The van der Waals surface area contributed by atoms with Crippen molar-refractivity contribution in [3.05, 3.63) is 12.0 Å². The second-order valence-electron chi connectivity index (χ2n) is 2.22. The molecule has 1 aliphatic heterocycles. The molecule has 1 heterocycles. The first-order valence-electron chi connectivity index (χ1n) is 3.37. The summed E-state index contributed by atoms with van der Waals surface area (Å²) in [4.78, 5) is 0. The maximum atomic E-state index is 5.29. The fourth-order valence-electron chi connectivity index (χ4n) is 0.903. The van der Waals surface area contributed by atoms with Crippen molar-refractivity contribution in [3.8, 4) is 0 Å².